The fraction of sp³-hybridized carbons (Fsp3) is 0.400. The molecular weight excluding hydrogens is 380 g/mol. The number of nitrogens with zero attached hydrogens (tertiary/aromatic N) is 4. The highest BCUT2D eigenvalue weighted by Gasteiger charge is 2.32. The fourth-order valence-corrected chi connectivity index (χ4v) is 4.14. The first-order valence-corrected chi connectivity index (χ1v) is 9.86. The van der Waals surface area contributed by atoms with Gasteiger partial charge in [-0.15, -0.1) is 0 Å². The van der Waals surface area contributed by atoms with Gasteiger partial charge in [0.15, 0.2) is 5.03 Å². The Hall–Kier alpha value is -2.01. The van der Waals surface area contributed by atoms with E-state index in [1.54, 1.807) is 19.1 Å². The molecule has 2 N–H and O–H groups in total. The first-order valence-electron chi connectivity index (χ1n) is 8.04. The van der Waals surface area contributed by atoms with E-state index in [1.165, 1.54) is 22.8 Å². The SMILES string of the molecule is CC(C(=O)Nc1ccc(Cl)cn1)N1CCN(S(=O)(=O)c2ccn[nH]2)CC1. The molecule has 0 radical (unpaired) electrons. The molecule has 3 heterocycles. The molecule has 3 rings (SSSR count). The maximum Gasteiger partial charge on any atom is 0.260 e. The van der Waals surface area contributed by atoms with Gasteiger partial charge in [-0.05, 0) is 25.1 Å². The quantitative estimate of drug-likeness (QED) is 0.770. The molecule has 0 saturated carbocycles. The van der Waals surface area contributed by atoms with Crippen molar-refractivity contribution in [1.29, 1.82) is 0 Å². The van der Waals surface area contributed by atoms with Crippen LogP contribution in [0.1, 0.15) is 6.92 Å². The van der Waals surface area contributed by atoms with Crippen LogP contribution in [0.15, 0.2) is 35.6 Å². The number of pyridine rings is 1. The molecule has 1 unspecified atom stereocenters. The van der Waals surface area contributed by atoms with Gasteiger partial charge >= 0.3 is 0 Å². The van der Waals surface area contributed by atoms with Crippen LogP contribution in [0.5, 0.6) is 0 Å². The second-order valence-electron chi connectivity index (χ2n) is 5.89. The molecule has 26 heavy (non-hydrogen) atoms. The number of sulfonamides is 1. The van der Waals surface area contributed by atoms with Gasteiger partial charge in [0.05, 0.1) is 17.3 Å². The monoisotopic (exact) mass is 398 g/mol. The number of carbonyl (C=O) groups excluding carboxylic acids is 1. The van der Waals surface area contributed by atoms with E-state index >= 15 is 0 Å². The third-order valence-electron chi connectivity index (χ3n) is 4.27. The first kappa shape index (κ1) is 18.8. The van der Waals surface area contributed by atoms with E-state index in [-0.39, 0.29) is 10.9 Å². The van der Waals surface area contributed by atoms with Crippen molar-refractivity contribution in [3.63, 3.8) is 0 Å². The van der Waals surface area contributed by atoms with Crippen LogP contribution in [0.25, 0.3) is 0 Å². The number of halogens is 1. The van der Waals surface area contributed by atoms with Crippen LogP contribution >= 0.6 is 11.6 Å². The number of hydrogen-bond acceptors (Lipinski definition) is 6. The second kappa shape index (κ2) is 7.70. The lowest BCUT2D eigenvalue weighted by Gasteiger charge is -2.36. The second-order valence-corrected chi connectivity index (χ2v) is 8.23. The fourth-order valence-electron chi connectivity index (χ4n) is 2.70. The van der Waals surface area contributed by atoms with E-state index in [1.807, 2.05) is 4.90 Å². The molecule has 0 spiro atoms. The minimum Gasteiger partial charge on any atom is -0.309 e. The number of aromatic amines is 1. The number of nitrogens with one attached hydrogen (secondary N) is 2. The Kier molecular flexibility index (Phi) is 5.56. The number of carbonyl (C=O) groups is 1. The Balaban J connectivity index is 1.57. The molecule has 0 aromatic carbocycles. The van der Waals surface area contributed by atoms with Gasteiger partial charge in [-0.25, -0.2) is 13.4 Å². The molecule has 1 aliphatic heterocycles. The van der Waals surface area contributed by atoms with Crippen LogP contribution < -0.4 is 5.32 Å². The van der Waals surface area contributed by atoms with Crippen molar-refractivity contribution < 1.29 is 13.2 Å². The minimum atomic E-state index is -3.58. The smallest absolute Gasteiger partial charge is 0.260 e. The van der Waals surface area contributed by atoms with Gasteiger partial charge in [-0.3, -0.25) is 14.8 Å². The van der Waals surface area contributed by atoms with Crippen molar-refractivity contribution in [2.24, 2.45) is 0 Å². The summed E-state index contributed by atoms with van der Waals surface area (Å²) in [6.45, 7) is 3.30. The van der Waals surface area contributed by atoms with E-state index in [4.69, 9.17) is 11.6 Å². The Morgan fingerprint density at radius 1 is 1.27 bits per heavy atom. The highest BCUT2D eigenvalue weighted by molar-refractivity contribution is 7.89. The molecule has 0 aliphatic carbocycles. The van der Waals surface area contributed by atoms with Crippen molar-refractivity contribution in [3.05, 3.63) is 35.6 Å². The Labute approximate surface area is 156 Å². The molecule has 140 valence electrons. The molecule has 1 fully saturated rings. The molecule has 9 nitrogen and oxygen atoms in total. The van der Waals surface area contributed by atoms with Crippen LogP contribution in [0, 0.1) is 0 Å². The van der Waals surface area contributed by atoms with Gasteiger partial charge in [0.2, 0.25) is 5.91 Å². The molecule has 2 aromatic rings. The molecule has 1 atom stereocenters. The van der Waals surface area contributed by atoms with Crippen LogP contribution in [0.3, 0.4) is 0 Å². The van der Waals surface area contributed by atoms with Gasteiger partial charge < -0.3 is 5.32 Å². The standard InChI is InChI=1S/C15H19ClN6O3S/c1-11(15(23)19-13-3-2-12(16)10-17-13)21-6-8-22(9-7-21)26(24,25)14-4-5-18-20-14/h2-5,10-11H,6-9H2,1H3,(H,18,20)(H,17,19,23). The molecule has 1 amide bonds. The predicted molar refractivity (Wildman–Crippen MR) is 96.3 cm³/mol. The molecule has 0 bridgehead atoms. The highest BCUT2D eigenvalue weighted by Crippen LogP contribution is 2.17. The van der Waals surface area contributed by atoms with Crippen LogP contribution in [-0.2, 0) is 14.8 Å². The number of anilines is 1. The third kappa shape index (κ3) is 4.04. The summed E-state index contributed by atoms with van der Waals surface area (Å²) in [5.41, 5.74) is 0. The molecular formula is C15H19ClN6O3S. The van der Waals surface area contributed by atoms with Crippen molar-refractivity contribution >= 4 is 33.3 Å². The van der Waals surface area contributed by atoms with E-state index < -0.39 is 16.1 Å². The number of rotatable bonds is 5. The number of aromatic nitrogens is 3. The number of piperazine rings is 1. The summed E-state index contributed by atoms with van der Waals surface area (Å²) in [7, 11) is -3.58. The third-order valence-corrected chi connectivity index (χ3v) is 6.32. The highest BCUT2D eigenvalue weighted by atomic mass is 35.5. The summed E-state index contributed by atoms with van der Waals surface area (Å²) in [4.78, 5) is 18.4. The van der Waals surface area contributed by atoms with E-state index in [0.29, 0.717) is 37.0 Å². The normalized spacial score (nSPS) is 17.8. The van der Waals surface area contributed by atoms with Gasteiger partial charge in [0, 0.05) is 32.4 Å². The Morgan fingerprint density at radius 3 is 2.58 bits per heavy atom. The van der Waals surface area contributed by atoms with Crippen molar-refractivity contribution in [2.45, 2.75) is 18.0 Å². The maximum atomic E-state index is 12.5. The molecule has 1 saturated heterocycles. The summed E-state index contributed by atoms with van der Waals surface area (Å²) in [6, 6.07) is 4.29. The van der Waals surface area contributed by atoms with Crippen LogP contribution in [0.4, 0.5) is 5.82 Å². The van der Waals surface area contributed by atoms with Gasteiger partial charge in [0.1, 0.15) is 5.82 Å². The summed E-state index contributed by atoms with van der Waals surface area (Å²) in [5, 5.41) is 9.47. The lowest BCUT2D eigenvalue weighted by atomic mass is 10.2. The Morgan fingerprint density at radius 2 is 2.00 bits per heavy atom. The van der Waals surface area contributed by atoms with Crippen molar-refractivity contribution in [2.75, 3.05) is 31.5 Å². The van der Waals surface area contributed by atoms with Gasteiger partial charge in [-0.1, -0.05) is 11.6 Å². The first-order chi connectivity index (χ1) is 12.4. The zero-order valence-electron chi connectivity index (χ0n) is 14.1. The average Bonchev–Trinajstić information content (AvgIpc) is 3.18. The van der Waals surface area contributed by atoms with Crippen molar-refractivity contribution in [3.8, 4) is 0 Å². The predicted octanol–water partition coefficient (Wildman–Crippen LogP) is 0.792. The zero-order chi connectivity index (χ0) is 18.7. The van der Waals surface area contributed by atoms with Crippen molar-refractivity contribution in [1.82, 2.24) is 24.4 Å². The number of H-pyrrole nitrogens is 1. The summed E-state index contributed by atoms with van der Waals surface area (Å²) in [6.07, 6.45) is 2.86. The summed E-state index contributed by atoms with van der Waals surface area (Å²) < 4.78 is 26.3. The van der Waals surface area contributed by atoms with Crippen LogP contribution in [-0.4, -0.2) is 70.9 Å². The minimum absolute atomic E-state index is 0.0746. The average molecular weight is 399 g/mol. The molecule has 11 heteroatoms. The van der Waals surface area contributed by atoms with E-state index in [2.05, 4.69) is 20.5 Å². The van der Waals surface area contributed by atoms with Gasteiger partial charge in [0.25, 0.3) is 10.0 Å². The topological polar surface area (TPSA) is 111 Å². The van der Waals surface area contributed by atoms with Crippen LogP contribution in [0.2, 0.25) is 5.02 Å². The Bertz CT molecular complexity index is 848. The zero-order valence-corrected chi connectivity index (χ0v) is 15.7. The van der Waals surface area contributed by atoms with E-state index in [9.17, 15) is 13.2 Å². The summed E-state index contributed by atoms with van der Waals surface area (Å²) >= 11 is 5.78. The lowest BCUT2D eigenvalue weighted by molar-refractivity contribution is -0.121. The largest absolute Gasteiger partial charge is 0.309 e. The van der Waals surface area contributed by atoms with Gasteiger partial charge in [-0.2, -0.15) is 9.40 Å². The maximum absolute atomic E-state index is 12.5. The number of amides is 1. The molecule has 1 aliphatic rings. The summed E-state index contributed by atoms with van der Waals surface area (Å²) in [5.74, 6) is 0.219. The van der Waals surface area contributed by atoms with E-state index in [0.717, 1.165) is 0 Å². The number of hydrogen-bond donors (Lipinski definition) is 2. The lowest BCUT2D eigenvalue weighted by Crippen LogP contribution is -2.54. The molecule has 2 aromatic heterocycles.